The molecule has 0 bridgehead atoms. The van der Waals surface area contributed by atoms with Crippen LogP contribution in [0.1, 0.15) is 16.1 Å². The summed E-state index contributed by atoms with van der Waals surface area (Å²) in [4.78, 5) is 25.6. The van der Waals surface area contributed by atoms with Crippen molar-refractivity contribution in [1.82, 2.24) is 4.98 Å². The van der Waals surface area contributed by atoms with Crippen LogP contribution in [0.4, 0.5) is 15.8 Å². The molecular weight excluding hydrogens is 279 g/mol. The Labute approximate surface area is 118 Å². The van der Waals surface area contributed by atoms with E-state index in [1.165, 1.54) is 24.4 Å². The lowest BCUT2D eigenvalue weighted by molar-refractivity contribution is -0.387. The summed E-state index contributed by atoms with van der Waals surface area (Å²) in [6.07, 6.45) is 1.44. The number of nitro benzene ring substituents is 1. The molecule has 8 heteroatoms. The van der Waals surface area contributed by atoms with Crippen LogP contribution in [0.15, 0.2) is 36.5 Å². The molecule has 108 valence electrons. The number of nitrogens with one attached hydrogen (secondary N) is 1. The van der Waals surface area contributed by atoms with E-state index in [4.69, 9.17) is 5.73 Å². The topological polar surface area (TPSA) is 111 Å². The molecule has 1 amide bonds. The Bertz CT molecular complexity index is 706. The Morgan fingerprint density at radius 2 is 2.14 bits per heavy atom. The molecule has 0 spiro atoms. The van der Waals surface area contributed by atoms with Crippen molar-refractivity contribution in [3.8, 4) is 0 Å². The number of hydrogen-bond donors (Lipinski definition) is 2. The molecule has 0 unspecified atom stereocenters. The van der Waals surface area contributed by atoms with Gasteiger partial charge in [0.1, 0.15) is 0 Å². The molecule has 7 nitrogen and oxygen atoms in total. The Balaban J connectivity index is 2.19. The third-order valence-electron chi connectivity index (χ3n) is 2.69. The van der Waals surface area contributed by atoms with E-state index in [9.17, 15) is 19.3 Å². The summed E-state index contributed by atoms with van der Waals surface area (Å²) in [7, 11) is 0. The average molecular weight is 290 g/mol. The molecule has 0 saturated carbocycles. The molecule has 0 atom stereocenters. The first-order valence-corrected chi connectivity index (χ1v) is 5.91. The Hall–Kier alpha value is -2.87. The monoisotopic (exact) mass is 290 g/mol. The van der Waals surface area contributed by atoms with Gasteiger partial charge in [-0.15, -0.1) is 0 Å². The third-order valence-corrected chi connectivity index (χ3v) is 2.69. The molecule has 0 aliphatic carbocycles. The quantitative estimate of drug-likeness (QED) is 0.659. The van der Waals surface area contributed by atoms with Gasteiger partial charge in [0.25, 0.3) is 5.91 Å². The summed E-state index contributed by atoms with van der Waals surface area (Å²) in [5, 5.41) is 13.0. The number of hydrogen-bond acceptors (Lipinski definition) is 5. The fourth-order valence-corrected chi connectivity index (χ4v) is 1.67. The Morgan fingerprint density at radius 3 is 2.76 bits per heavy atom. The first-order chi connectivity index (χ1) is 10.0. The van der Waals surface area contributed by atoms with Gasteiger partial charge in [0, 0.05) is 36.1 Å². The van der Waals surface area contributed by atoms with E-state index in [0.29, 0.717) is 11.3 Å². The zero-order chi connectivity index (χ0) is 15.4. The number of pyridine rings is 1. The second-order valence-corrected chi connectivity index (χ2v) is 4.12. The summed E-state index contributed by atoms with van der Waals surface area (Å²) in [5.41, 5.74) is 5.75. The van der Waals surface area contributed by atoms with E-state index in [-0.39, 0.29) is 12.2 Å². The molecule has 0 aliphatic heterocycles. The van der Waals surface area contributed by atoms with Crippen molar-refractivity contribution in [1.29, 1.82) is 0 Å². The van der Waals surface area contributed by atoms with Crippen molar-refractivity contribution in [3.05, 3.63) is 63.7 Å². The van der Waals surface area contributed by atoms with Crippen molar-refractivity contribution >= 4 is 17.3 Å². The lowest BCUT2D eigenvalue weighted by atomic mass is 10.2. The molecule has 21 heavy (non-hydrogen) atoms. The van der Waals surface area contributed by atoms with Gasteiger partial charge >= 0.3 is 5.69 Å². The maximum absolute atomic E-state index is 13.5. The van der Waals surface area contributed by atoms with Crippen LogP contribution in [0.2, 0.25) is 0 Å². The van der Waals surface area contributed by atoms with Crippen molar-refractivity contribution in [2.45, 2.75) is 6.54 Å². The van der Waals surface area contributed by atoms with Crippen molar-refractivity contribution in [2.75, 3.05) is 5.32 Å². The highest BCUT2D eigenvalue weighted by atomic mass is 19.1. The van der Waals surface area contributed by atoms with Crippen molar-refractivity contribution in [2.24, 2.45) is 5.73 Å². The van der Waals surface area contributed by atoms with Gasteiger partial charge in [0.15, 0.2) is 0 Å². The third kappa shape index (κ3) is 3.37. The summed E-state index contributed by atoms with van der Waals surface area (Å²) >= 11 is 0. The molecule has 0 radical (unpaired) electrons. The van der Waals surface area contributed by atoms with E-state index in [1.54, 1.807) is 0 Å². The zero-order valence-corrected chi connectivity index (χ0v) is 10.7. The lowest BCUT2D eigenvalue weighted by Gasteiger charge is -2.06. The Morgan fingerprint density at radius 1 is 1.38 bits per heavy atom. The predicted octanol–water partition coefficient (Wildman–Crippen LogP) is 1.84. The van der Waals surface area contributed by atoms with E-state index >= 15 is 0 Å². The molecule has 1 aromatic heterocycles. The fourth-order valence-electron chi connectivity index (χ4n) is 1.67. The number of carbonyl (C=O) groups excluding carboxylic acids is 1. The predicted molar refractivity (Wildman–Crippen MR) is 73.1 cm³/mol. The first-order valence-electron chi connectivity index (χ1n) is 5.91. The molecule has 1 aromatic carbocycles. The second-order valence-electron chi connectivity index (χ2n) is 4.12. The summed E-state index contributed by atoms with van der Waals surface area (Å²) in [6.45, 7) is 0.188. The highest BCUT2D eigenvalue weighted by Gasteiger charge is 2.15. The van der Waals surface area contributed by atoms with Crippen LogP contribution in [-0.2, 0) is 6.54 Å². The number of carbonyl (C=O) groups is 1. The highest BCUT2D eigenvalue weighted by Crippen LogP contribution is 2.21. The zero-order valence-electron chi connectivity index (χ0n) is 10.7. The maximum Gasteiger partial charge on any atom is 0.304 e. The molecule has 1 heterocycles. The van der Waals surface area contributed by atoms with Crippen molar-refractivity contribution < 1.29 is 14.1 Å². The number of halogens is 1. The van der Waals surface area contributed by atoms with Gasteiger partial charge in [-0.1, -0.05) is 0 Å². The van der Waals surface area contributed by atoms with Gasteiger partial charge < -0.3 is 11.1 Å². The Kier molecular flexibility index (Phi) is 4.19. The molecule has 0 saturated heterocycles. The molecule has 0 fully saturated rings. The minimum Gasteiger partial charge on any atom is -0.325 e. The number of nitrogens with two attached hydrogens (primary N) is 1. The number of nitro groups is 1. The lowest BCUT2D eigenvalue weighted by Crippen LogP contribution is -2.13. The maximum atomic E-state index is 13.5. The second kappa shape index (κ2) is 6.06. The van der Waals surface area contributed by atoms with E-state index < -0.39 is 22.3 Å². The van der Waals surface area contributed by atoms with Crippen LogP contribution >= 0.6 is 0 Å². The summed E-state index contributed by atoms with van der Waals surface area (Å²) in [5.74, 6) is -1.50. The van der Waals surface area contributed by atoms with Crippen LogP contribution in [0.5, 0.6) is 0 Å². The smallest absolute Gasteiger partial charge is 0.304 e. The van der Waals surface area contributed by atoms with Gasteiger partial charge in [-0.2, -0.15) is 4.39 Å². The van der Waals surface area contributed by atoms with Gasteiger partial charge in [-0.3, -0.25) is 19.9 Å². The average Bonchev–Trinajstić information content (AvgIpc) is 2.47. The number of rotatable bonds is 4. The van der Waals surface area contributed by atoms with Gasteiger partial charge in [-0.25, -0.2) is 0 Å². The SMILES string of the molecule is NCc1cc(C(=O)Nc2ccc([N+](=O)[O-])c(F)c2)ccn1. The van der Waals surface area contributed by atoms with E-state index in [2.05, 4.69) is 10.3 Å². The summed E-state index contributed by atoms with van der Waals surface area (Å²) < 4.78 is 13.5. The summed E-state index contributed by atoms with van der Waals surface area (Å²) in [6, 6.07) is 6.13. The number of anilines is 1. The van der Waals surface area contributed by atoms with Crippen LogP contribution in [0.25, 0.3) is 0 Å². The molecule has 0 aliphatic rings. The molecule has 3 N–H and O–H groups in total. The van der Waals surface area contributed by atoms with Crippen LogP contribution < -0.4 is 11.1 Å². The number of aromatic nitrogens is 1. The molecular formula is C13H11FN4O3. The van der Waals surface area contributed by atoms with Crippen LogP contribution in [0, 0.1) is 15.9 Å². The highest BCUT2D eigenvalue weighted by molar-refractivity contribution is 6.04. The number of nitrogens with zero attached hydrogens (tertiary/aromatic N) is 2. The van der Waals surface area contributed by atoms with Crippen LogP contribution in [-0.4, -0.2) is 15.8 Å². The van der Waals surface area contributed by atoms with Gasteiger partial charge in [0.2, 0.25) is 5.82 Å². The molecule has 2 aromatic rings. The minimum atomic E-state index is -1.02. The standard InChI is InChI=1S/C13H11FN4O3/c14-11-6-9(1-2-12(11)18(20)21)17-13(19)8-3-4-16-10(5-8)7-15/h1-6H,7,15H2,(H,17,19). The fraction of sp³-hybridized carbons (Fsp3) is 0.0769. The first kappa shape index (κ1) is 14.5. The van der Waals surface area contributed by atoms with Gasteiger partial charge in [-0.05, 0) is 18.2 Å². The minimum absolute atomic E-state index is 0.120. The number of benzene rings is 1. The van der Waals surface area contributed by atoms with Crippen LogP contribution in [0.3, 0.4) is 0 Å². The van der Waals surface area contributed by atoms with E-state index in [0.717, 1.165) is 12.1 Å². The van der Waals surface area contributed by atoms with Gasteiger partial charge in [0.05, 0.1) is 10.6 Å². The normalized spacial score (nSPS) is 10.2. The molecule has 2 rings (SSSR count). The largest absolute Gasteiger partial charge is 0.325 e. The van der Waals surface area contributed by atoms with E-state index in [1.807, 2.05) is 0 Å². The van der Waals surface area contributed by atoms with Crippen molar-refractivity contribution in [3.63, 3.8) is 0 Å². The number of amides is 1.